The van der Waals surface area contributed by atoms with Gasteiger partial charge in [-0.25, -0.2) is 4.39 Å². The van der Waals surface area contributed by atoms with Gasteiger partial charge in [-0.15, -0.1) is 0 Å². The SMILES string of the molecule is CN(CCN1CCCC1)C(CN)c1cccc(Cl)c1F. The van der Waals surface area contributed by atoms with E-state index in [0.717, 1.165) is 13.1 Å². The molecule has 0 aliphatic carbocycles. The molecule has 1 unspecified atom stereocenters. The number of likely N-dealkylation sites (tertiary alicyclic amines) is 1. The summed E-state index contributed by atoms with van der Waals surface area (Å²) in [6, 6.07) is 4.98. The highest BCUT2D eigenvalue weighted by molar-refractivity contribution is 6.30. The summed E-state index contributed by atoms with van der Waals surface area (Å²) in [5, 5.41) is 0.161. The van der Waals surface area contributed by atoms with E-state index in [4.69, 9.17) is 17.3 Å². The van der Waals surface area contributed by atoms with E-state index < -0.39 is 0 Å². The Labute approximate surface area is 125 Å². The van der Waals surface area contributed by atoms with Crippen molar-refractivity contribution in [1.29, 1.82) is 0 Å². The number of rotatable bonds is 6. The van der Waals surface area contributed by atoms with E-state index in [2.05, 4.69) is 9.80 Å². The summed E-state index contributed by atoms with van der Waals surface area (Å²) in [5.74, 6) is -0.349. The second kappa shape index (κ2) is 7.36. The topological polar surface area (TPSA) is 32.5 Å². The van der Waals surface area contributed by atoms with E-state index in [0.29, 0.717) is 12.1 Å². The van der Waals surface area contributed by atoms with Crippen LogP contribution in [0.25, 0.3) is 0 Å². The molecule has 1 fully saturated rings. The molecule has 20 heavy (non-hydrogen) atoms. The van der Waals surface area contributed by atoms with Gasteiger partial charge in [0.05, 0.1) is 5.02 Å². The first kappa shape index (κ1) is 15.7. The molecule has 1 saturated heterocycles. The molecule has 1 atom stereocenters. The van der Waals surface area contributed by atoms with Crippen molar-refractivity contribution < 1.29 is 4.39 Å². The Kier molecular flexibility index (Phi) is 5.78. The average molecular weight is 300 g/mol. The molecule has 0 radical (unpaired) electrons. The summed E-state index contributed by atoms with van der Waals surface area (Å²) in [4.78, 5) is 4.56. The van der Waals surface area contributed by atoms with Crippen LogP contribution in [-0.2, 0) is 0 Å². The Balaban J connectivity index is 2.00. The Hall–Kier alpha value is -0.680. The molecule has 2 rings (SSSR count). The van der Waals surface area contributed by atoms with Gasteiger partial charge < -0.3 is 10.6 Å². The molecular weight excluding hydrogens is 277 g/mol. The van der Waals surface area contributed by atoms with Crippen molar-refractivity contribution in [3.63, 3.8) is 0 Å². The van der Waals surface area contributed by atoms with Gasteiger partial charge in [-0.3, -0.25) is 4.90 Å². The number of likely N-dealkylation sites (N-methyl/N-ethyl adjacent to an activating group) is 1. The second-order valence-electron chi connectivity index (χ2n) is 5.42. The van der Waals surface area contributed by atoms with Gasteiger partial charge in [-0.05, 0) is 39.0 Å². The normalized spacial score (nSPS) is 17.9. The minimum absolute atomic E-state index is 0.128. The minimum atomic E-state index is -0.349. The van der Waals surface area contributed by atoms with Crippen molar-refractivity contribution in [2.24, 2.45) is 5.73 Å². The minimum Gasteiger partial charge on any atom is -0.329 e. The van der Waals surface area contributed by atoms with Crippen LogP contribution in [0.4, 0.5) is 4.39 Å². The predicted octanol–water partition coefficient (Wildman–Crippen LogP) is 2.51. The molecule has 112 valence electrons. The summed E-state index contributed by atoms with van der Waals surface area (Å²) in [6.07, 6.45) is 2.57. The molecule has 0 amide bonds. The summed E-state index contributed by atoms with van der Waals surface area (Å²) >= 11 is 5.86. The second-order valence-corrected chi connectivity index (χ2v) is 5.83. The van der Waals surface area contributed by atoms with Crippen LogP contribution in [0.3, 0.4) is 0 Å². The fourth-order valence-electron chi connectivity index (χ4n) is 2.78. The molecule has 1 aliphatic rings. The van der Waals surface area contributed by atoms with Crippen LogP contribution in [0, 0.1) is 5.82 Å². The number of nitrogens with two attached hydrogens (primary N) is 1. The Bertz CT molecular complexity index is 435. The van der Waals surface area contributed by atoms with Gasteiger partial charge in [0.2, 0.25) is 0 Å². The van der Waals surface area contributed by atoms with Crippen molar-refractivity contribution in [3.8, 4) is 0 Å². The van der Waals surface area contributed by atoms with Gasteiger partial charge in [-0.2, -0.15) is 0 Å². The fourth-order valence-corrected chi connectivity index (χ4v) is 2.97. The van der Waals surface area contributed by atoms with E-state index in [-0.39, 0.29) is 16.9 Å². The standard InChI is InChI=1S/C15H23ClFN3/c1-19(9-10-20-7-2-3-8-20)14(11-18)12-5-4-6-13(16)15(12)17/h4-6,14H,2-3,7-11,18H2,1H3. The lowest BCUT2D eigenvalue weighted by Crippen LogP contribution is -2.37. The smallest absolute Gasteiger partial charge is 0.146 e. The van der Waals surface area contributed by atoms with Crippen LogP contribution < -0.4 is 5.73 Å². The molecule has 3 nitrogen and oxygen atoms in total. The van der Waals surface area contributed by atoms with Crippen LogP contribution in [0.15, 0.2) is 18.2 Å². The largest absolute Gasteiger partial charge is 0.329 e. The number of hydrogen-bond acceptors (Lipinski definition) is 3. The number of halogens is 2. The van der Waals surface area contributed by atoms with Crippen molar-refractivity contribution >= 4 is 11.6 Å². The molecule has 0 spiro atoms. The highest BCUT2D eigenvalue weighted by Crippen LogP contribution is 2.26. The van der Waals surface area contributed by atoms with Crippen molar-refractivity contribution in [1.82, 2.24) is 9.80 Å². The first-order valence-electron chi connectivity index (χ1n) is 7.20. The summed E-state index contributed by atoms with van der Waals surface area (Å²) < 4.78 is 14.1. The zero-order valence-electron chi connectivity index (χ0n) is 12.0. The van der Waals surface area contributed by atoms with E-state index in [1.165, 1.54) is 25.9 Å². The Morgan fingerprint density at radius 1 is 1.40 bits per heavy atom. The molecule has 5 heteroatoms. The molecule has 1 aliphatic heterocycles. The van der Waals surface area contributed by atoms with Crippen molar-refractivity contribution in [3.05, 3.63) is 34.6 Å². The lowest BCUT2D eigenvalue weighted by atomic mass is 10.1. The molecule has 1 aromatic carbocycles. The van der Waals surface area contributed by atoms with Gasteiger partial charge in [0, 0.05) is 31.2 Å². The zero-order valence-corrected chi connectivity index (χ0v) is 12.7. The first-order valence-corrected chi connectivity index (χ1v) is 7.58. The molecule has 1 aromatic rings. The van der Waals surface area contributed by atoms with E-state index >= 15 is 0 Å². The molecule has 0 bridgehead atoms. The zero-order chi connectivity index (χ0) is 14.5. The highest BCUT2D eigenvalue weighted by Gasteiger charge is 2.21. The van der Waals surface area contributed by atoms with Crippen LogP contribution in [0.5, 0.6) is 0 Å². The molecule has 0 aromatic heterocycles. The van der Waals surface area contributed by atoms with Crippen LogP contribution >= 0.6 is 11.6 Å². The van der Waals surface area contributed by atoms with E-state index in [1.54, 1.807) is 18.2 Å². The summed E-state index contributed by atoms with van der Waals surface area (Å²) in [6.45, 7) is 4.62. The third-order valence-corrected chi connectivity index (χ3v) is 4.36. The van der Waals surface area contributed by atoms with E-state index in [1.807, 2.05) is 7.05 Å². The van der Waals surface area contributed by atoms with Crippen LogP contribution in [-0.4, -0.2) is 49.6 Å². The summed E-state index contributed by atoms with van der Waals surface area (Å²) in [5.41, 5.74) is 6.43. The fraction of sp³-hybridized carbons (Fsp3) is 0.600. The Morgan fingerprint density at radius 3 is 2.75 bits per heavy atom. The maximum atomic E-state index is 14.1. The number of nitrogens with zero attached hydrogens (tertiary/aromatic N) is 2. The van der Waals surface area contributed by atoms with Crippen LogP contribution in [0.2, 0.25) is 5.02 Å². The third-order valence-electron chi connectivity index (χ3n) is 4.06. The maximum absolute atomic E-state index is 14.1. The molecule has 1 heterocycles. The molecular formula is C15H23ClFN3. The quantitative estimate of drug-likeness (QED) is 0.876. The first-order chi connectivity index (χ1) is 9.63. The highest BCUT2D eigenvalue weighted by atomic mass is 35.5. The number of benzene rings is 1. The predicted molar refractivity (Wildman–Crippen MR) is 81.5 cm³/mol. The molecule has 2 N–H and O–H groups in total. The van der Waals surface area contributed by atoms with Gasteiger partial charge >= 0.3 is 0 Å². The molecule has 0 saturated carbocycles. The van der Waals surface area contributed by atoms with Gasteiger partial charge in [-0.1, -0.05) is 23.7 Å². The summed E-state index contributed by atoms with van der Waals surface area (Å²) in [7, 11) is 1.99. The lowest BCUT2D eigenvalue weighted by molar-refractivity contribution is 0.206. The maximum Gasteiger partial charge on any atom is 0.146 e. The van der Waals surface area contributed by atoms with Gasteiger partial charge in [0.25, 0.3) is 0 Å². The van der Waals surface area contributed by atoms with Gasteiger partial charge in [0.15, 0.2) is 0 Å². The lowest BCUT2D eigenvalue weighted by Gasteiger charge is -2.29. The van der Waals surface area contributed by atoms with Gasteiger partial charge in [0.1, 0.15) is 5.82 Å². The van der Waals surface area contributed by atoms with E-state index in [9.17, 15) is 4.39 Å². The average Bonchev–Trinajstić information content (AvgIpc) is 2.95. The van der Waals surface area contributed by atoms with Crippen molar-refractivity contribution in [2.45, 2.75) is 18.9 Å². The Morgan fingerprint density at radius 2 is 2.10 bits per heavy atom. The monoisotopic (exact) mass is 299 g/mol. The number of hydrogen-bond donors (Lipinski definition) is 1. The third kappa shape index (κ3) is 3.70. The van der Waals surface area contributed by atoms with Crippen LogP contribution in [0.1, 0.15) is 24.4 Å². The van der Waals surface area contributed by atoms with Crippen molar-refractivity contribution in [2.75, 3.05) is 39.8 Å².